The van der Waals surface area contributed by atoms with Gasteiger partial charge in [0.05, 0.1) is 0 Å². The molecule has 0 saturated carbocycles. The molecule has 2 aliphatic rings. The van der Waals surface area contributed by atoms with E-state index in [1.165, 1.54) is 28.1 Å². The molecule has 0 amide bonds. The minimum atomic E-state index is 0.912. The van der Waals surface area contributed by atoms with Crippen LogP contribution < -0.4 is 4.90 Å². The van der Waals surface area contributed by atoms with E-state index in [-0.39, 0.29) is 0 Å². The minimum absolute atomic E-state index is 0.912. The lowest BCUT2D eigenvalue weighted by atomic mass is 9.94. The van der Waals surface area contributed by atoms with Gasteiger partial charge in [-0.05, 0) is 41.3 Å². The summed E-state index contributed by atoms with van der Waals surface area (Å²) in [5.74, 6) is 0. The molecule has 0 fully saturated rings. The van der Waals surface area contributed by atoms with Crippen LogP contribution in [0.1, 0.15) is 17.5 Å². The highest BCUT2D eigenvalue weighted by Gasteiger charge is 2.23. The van der Waals surface area contributed by atoms with Crippen LogP contribution in [0.3, 0.4) is 0 Å². The summed E-state index contributed by atoms with van der Waals surface area (Å²) in [5.41, 5.74) is 6.69. The van der Waals surface area contributed by atoms with Crippen molar-refractivity contribution in [2.45, 2.75) is 13.0 Å². The highest BCUT2D eigenvalue weighted by molar-refractivity contribution is 5.80. The van der Waals surface area contributed by atoms with Crippen molar-refractivity contribution in [3.05, 3.63) is 95.2 Å². The molecule has 4 rings (SSSR count). The van der Waals surface area contributed by atoms with E-state index in [0.29, 0.717) is 0 Å². The Morgan fingerprint density at radius 3 is 2.62 bits per heavy atom. The largest absolute Gasteiger partial charge is 0.336 e. The normalized spacial score (nSPS) is 15.9. The molecule has 1 aliphatic carbocycles. The summed E-state index contributed by atoms with van der Waals surface area (Å²) in [7, 11) is 0. The van der Waals surface area contributed by atoms with Crippen LogP contribution in [-0.2, 0) is 6.54 Å². The Bertz CT molecular complexity index is 750. The molecule has 0 atom stereocenters. The Balaban J connectivity index is 1.81. The van der Waals surface area contributed by atoms with Crippen molar-refractivity contribution in [3.63, 3.8) is 0 Å². The Hall–Kier alpha value is -2.54. The molecule has 21 heavy (non-hydrogen) atoms. The molecule has 0 N–H and O–H groups in total. The molecule has 102 valence electrons. The van der Waals surface area contributed by atoms with Crippen LogP contribution in [-0.4, -0.2) is 0 Å². The molecule has 0 unspecified atom stereocenters. The number of hydrogen-bond donors (Lipinski definition) is 0. The highest BCUT2D eigenvalue weighted by Crippen LogP contribution is 2.38. The van der Waals surface area contributed by atoms with Gasteiger partial charge in [0, 0.05) is 17.9 Å². The second-order valence-electron chi connectivity index (χ2n) is 5.48. The second kappa shape index (κ2) is 5.10. The van der Waals surface area contributed by atoms with Gasteiger partial charge in [0.1, 0.15) is 0 Å². The number of para-hydroxylation sites is 1. The average Bonchev–Trinajstić information content (AvgIpc) is 2.55. The first-order valence-electron chi connectivity index (χ1n) is 7.40. The molecule has 2 aromatic rings. The van der Waals surface area contributed by atoms with Gasteiger partial charge >= 0.3 is 0 Å². The molecule has 0 spiro atoms. The molecular formula is C20H17N. The highest BCUT2D eigenvalue weighted by atomic mass is 15.1. The van der Waals surface area contributed by atoms with Gasteiger partial charge in [0.15, 0.2) is 0 Å². The summed E-state index contributed by atoms with van der Waals surface area (Å²) in [5, 5.41) is 0. The number of fused-ring (bicyclic) bond motifs is 2. The maximum atomic E-state index is 2.43. The number of benzene rings is 2. The van der Waals surface area contributed by atoms with Gasteiger partial charge < -0.3 is 4.90 Å². The predicted octanol–water partition coefficient (Wildman–Crippen LogP) is 4.93. The van der Waals surface area contributed by atoms with Gasteiger partial charge in [-0.25, -0.2) is 0 Å². The van der Waals surface area contributed by atoms with Gasteiger partial charge in [0.25, 0.3) is 0 Å². The van der Waals surface area contributed by atoms with Gasteiger partial charge in [-0.1, -0.05) is 60.7 Å². The number of hydrogen-bond acceptors (Lipinski definition) is 1. The molecule has 2 aromatic carbocycles. The van der Waals surface area contributed by atoms with Crippen LogP contribution in [0.4, 0.5) is 5.69 Å². The molecular weight excluding hydrogens is 254 g/mol. The predicted molar refractivity (Wildman–Crippen MR) is 88.9 cm³/mol. The molecule has 0 bridgehead atoms. The van der Waals surface area contributed by atoms with E-state index in [9.17, 15) is 0 Å². The fourth-order valence-electron chi connectivity index (χ4n) is 3.07. The van der Waals surface area contributed by atoms with Crippen LogP contribution in [0.15, 0.2) is 84.1 Å². The van der Waals surface area contributed by atoms with Crippen molar-refractivity contribution in [2.24, 2.45) is 0 Å². The van der Waals surface area contributed by atoms with Crippen molar-refractivity contribution in [2.75, 3.05) is 4.90 Å². The lowest BCUT2D eigenvalue weighted by Crippen LogP contribution is -2.26. The third-order valence-electron chi connectivity index (χ3n) is 4.09. The number of nitrogens with zero attached hydrogens (tertiary/aromatic N) is 1. The summed E-state index contributed by atoms with van der Waals surface area (Å²) >= 11 is 0. The van der Waals surface area contributed by atoms with Gasteiger partial charge in [-0.15, -0.1) is 0 Å². The third-order valence-corrected chi connectivity index (χ3v) is 4.09. The van der Waals surface area contributed by atoms with E-state index < -0.39 is 0 Å². The van der Waals surface area contributed by atoms with Crippen LogP contribution in [0, 0.1) is 0 Å². The van der Waals surface area contributed by atoms with Crippen molar-refractivity contribution in [1.29, 1.82) is 0 Å². The summed E-state index contributed by atoms with van der Waals surface area (Å²) < 4.78 is 0. The molecule has 1 heteroatoms. The lowest BCUT2D eigenvalue weighted by Gasteiger charge is -2.35. The number of anilines is 1. The third kappa shape index (κ3) is 2.21. The zero-order valence-corrected chi connectivity index (χ0v) is 11.9. The van der Waals surface area contributed by atoms with E-state index in [1.54, 1.807) is 0 Å². The standard InChI is InChI=1S/C20H17N/c1-2-8-16(9-3-1)15-21-19-12-6-4-10-17(19)14-18-11-5-7-13-20(18)21/h1-10,12-14H,11,15H2. The molecule has 0 radical (unpaired) electrons. The Kier molecular flexibility index (Phi) is 2.97. The first-order chi connectivity index (χ1) is 10.4. The fraction of sp³-hybridized carbons (Fsp3) is 0.100. The zero-order chi connectivity index (χ0) is 14.1. The second-order valence-corrected chi connectivity index (χ2v) is 5.48. The lowest BCUT2D eigenvalue weighted by molar-refractivity contribution is 0.897. The van der Waals surface area contributed by atoms with Gasteiger partial charge in [-0.3, -0.25) is 0 Å². The molecule has 0 saturated heterocycles. The topological polar surface area (TPSA) is 3.24 Å². The van der Waals surface area contributed by atoms with Crippen molar-refractivity contribution in [1.82, 2.24) is 0 Å². The van der Waals surface area contributed by atoms with Gasteiger partial charge in [-0.2, -0.15) is 0 Å². The van der Waals surface area contributed by atoms with Crippen LogP contribution in [0.5, 0.6) is 0 Å². The quantitative estimate of drug-likeness (QED) is 0.748. The first-order valence-corrected chi connectivity index (χ1v) is 7.40. The van der Waals surface area contributed by atoms with Crippen molar-refractivity contribution in [3.8, 4) is 0 Å². The SMILES string of the molecule is C1=CCC2=Cc3ccccc3N(Cc3ccccc3)C2=C1. The zero-order valence-electron chi connectivity index (χ0n) is 11.9. The average molecular weight is 271 g/mol. The maximum absolute atomic E-state index is 2.43. The smallest absolute Gasteiger partial charge is 0.0487 e. The summed E-state index contributed by atoms with van der Waals surface area (Å²) in [6, 6.07) is 19.3. The summed E-state index contributed by atoms with van der Waals surface area (Å²) in [6.45, 7) is 0.912. The van der Waals surface area contributed by atoms with Crippen LogP contribution >= 0.6 is 0 Å². The van der Waals surface area contributed by atoms with Crippen LogP contribution in [0.2, 0.25) is 0 Å². The van der Waals surface area contributed by atoms with Crippen LogP contribution in [0.25, 0.3) is 6.08 Å². The molecule has 1 aliphatic heterocycles. The number of allylic oxidation sites excluding steroid dienone is 4. The first kappa shape index (κ1) is 12.2. The molecule has 1 nitrogen and oxygen atoms in total. The molecule has 0 aromatic heterocycles. The monoisotopic (exact) mass is 271 g/mol. The van der Waals surface area contributed by atoms with Crippen molar-refractivity contribution >= 4 is 11.8 Å². The minimum Gasteiger partial charge on any atom is -0.336 e. The van der Waals surface area contributed by atoms with E-state index >= 15 is 0 Å². The fourth-order valence-corrected chi connectivity index (χ4v) is 3.07. The van der Waals surface area contributed by atoms with E-state index in [2.05, 4.69) is 83.8 Å². The molecule has 1 heterocycles. The summed E-state index contributed by atoms with van der Waals surface area (Å²) in [6.07, 6.45) is 9.97. The van der Waals surface area contributed by atoms with E-state index in [4.69, 9.17) is 0 Å². The Morgan fingerprint density at radius 1 is 0.905 bits per heavy atom. The van der Waals surface area contributed by atoms with Crippen molar-refractivity contribution < 1.29 is 0 Å². The maximum Gasteiger partial charge on any atom is 0.0487 e. The van der Waals surface area contributed by atoms with Gasteiger partial charge in [0.2, 0.25) is 0 Å². The van der Waals surface area contributed by atoms with E-state index in [0.717, 1.165) is 13.0 Å². The Labute approximate surface area is 125 Å². The van der Waals surface area contributed by atoms with E-state index in [1.807, 2.05) is 0 Å². The number of rotatable bonds is 2. The Morgan fingerprint density at radius 2 is 1.71 bits per heavy atom. The summed E-state index contributed by atoms with van der Waals surface area (Å²) in [4.78, 5) is 2.43.